The Hall–Kier alpha value is -1.38. The summed E-state index contributed by atoms with van der Waals surface area (Å²) in [5, 5.41) is 9.57. The van der Waals surface area contributed by atoms with Crippen LogP contribution in [0.25, 0.3) is 0 Å². The molecule has 66 valence electrons. The zero-order valence-electron chi connectivity index (χ0n) is 7.32. The first-order valence-electron chi connectivity index (χ1n) is 3.80. The Bertz CT molecular complexity index is 163. The molecule has 0 amide bonds. The van der Waals surface area contributed by atoms with Gasteiger partial charge in [0, 0.05) is 0 Å². The molecule has 0 N–H and O–H groups in total. The largest absolute Gasteiger partial charge is 0.271 e. The van der Waals surface area contributed by atoms with E-state index >= 15 is 0 Å². The van der Waals surface area contributed by atoms with Gasteiger partial charge in [0.25, 0.3) is 0 Å². The molecule has 12 heavy (non-hydrogen) atoms. The predicted molar refractivity (Wildman–Crippen MR) is 51.9 cm³/mol. The summed E-state index contributed by atoms with van der Waals surface area (Å²) in [5.41, 5.74) is 0. The molecule has 0 unspecified atom stereocenters. The standard InChI is InChI=1S/C9H15N3/c1-4-7-10-11-12(8-5-2)9-6-3/h4-6H,1-3,7-9H2. The molecule has 3 nitrogen and oxygen atoms in total. The fraction of sp³-hybridized carbons (Fsp3) is 0.333. The summed E-state index contributed by atoms with van der Waals surface area (Å²) < 4.78 is 0. The second-order valence-corrected chi connectivity index (χ2v) is 2.15. The van der Waals surface area contributed by atoms with E-state index in [1.165, 1.54) is 0 Å². The van der Waals surface area contributed by atoms with Gasteiger partial charge in [-0.05, 0) is 0 Å². The van der Waals surface area contributed by atoms with Gasteiger partial charge in [0.1, 0.15) is 0 Å². The van der Waals surface area contributed by atoms with Gasteiger partial charge >= 0.3 is 0 Å². The molecule has 3 heteroatoms. The van der Waals surface area contributed by atoms with Crippen LogP contribution in [0.3, 0.4) is 0 Å². The van der Waals surface area contributed by atoms with Crippen molar-refractivity contribution in [2.75, 3.05) is 19.6 Å². The molecule has 0 aromatic heterocycles. The molecule has 0 fully saturated rings. The smallest absolute Gasteiger partial charge is 0.0798 e. The highest BCUT2D eigenvalue weighted by atomic mass is 15.5. The van der Waals surface area contributed by atoms with Crippen LogP contribution in [0.5, 0.6) is 0 Å². The van der Waals surface area contributed by atoms with Crippen molar-refractivity contribution in [1.29, 1.82) is 0 Å². The van der Waals surface area contributed by atoms with Crippen LogP contribution >= 0.6 is 0 Å². The maximum atomic E-state index is 3.94. The molecule has 0 aromatic carbocycles. The summed E-state index contributed by atoms with van der Waals surface area (Å²) in [7, 11) is 0. The number of rotatable bonds is 7. The molecule has 0 saturated carbocycles. The Morgan fingerprint density at radius 3 is 2.00 bits per heavy atom. The van der Waals surface area contributed by atoms with E-state index in [-0.39, 0.29) is 0 Å². The van der Waals surface area contributed by atoms with E-state index in [2.05, 4.69) is 30.1 Å². The van der Waals surface area contributed by atoms with Gasteiger partial charge in [0.15, 0.2) is 0 Å². The van der Waals surface area contributed by atoms with Crippen molar-refractivity contribution in [2.45, 2.75) is 0 Å². The van der Waals surface area contributed by atoms with Crippen LogP contribution < -0.4 is 0 Å². The van der Waals surface area contributed by atoms with Crippen molar-refractivity contribution in [1.82, 2.24) is 5.01 Å². The van der Waals surface area contributed by atoms with Crippen LogP contribution in [0, 0.1) is 0 Å². The highest BCUT2D eigenvalue weighted by molar-refractivity contribution is 4.77. The van der Waals surface area contributed by atoms with Crippen molar-refractivity contribution in [3.63, 3.8) is 0 Å². The van der Waals surface area contributed by atoms with Gasteiger partial charge < -0.3 is 0 Å². The minimum absolute atomic E-state index is 0.546. The lowest BCUT2D eigenvalue weighted by Gasteiger charge is -2.11. The lowest BCUT2D eigenvalue weighted by molar-refractivity contribution is 0.328. The molecular weight excluding hydrogens is 150 g/mol. The Labute approximate surface area is 73.8 Å². The number of hydrogen-bond acceptors (Lipinski definition) is 2. The Morgan fingerprint density at radius 1 is 1.00 bits per heavy atom. The molecule has 0 aromatic rings. The van der Waals surface area contributed by atoms with Gasteiger partial charge in [-0.15, -0.1) is 19.7 Å². The van der Waals surface area contributed by atoms with E-state index in [0.717, 1.165) is 0 Å². The van der Waals surface area contributed by atoms with Crippen LogP contribution in [0.2, 0.25) is 0 Å². The first kappa shape index (κ1) is 10.6. The lowest BCUT2D eigenvalue weighted by atomic mass is 10.5. The van der Waals surface area contributed by atoms with Gasteiger partial charge in [-0.1, -0.05) is 23.5 Å². The quantitative estimate of drug-likeness (QED) is 0.323. The monoisotopic (exact) mass is 165 g/mol. The predicted octanol–water partition coefficient (Wildman–Crippen LogP) is 2.21. The third-order valence-electron chi connectivity index (χ3n) is 1.08. The van der Waals surface area contributed by atoms with E-state index < -0.39 is 0 Å². The van der Waals surface area contributed by atoms with Crippen LogP contribution in [0.4, 0.5) is 0 Å². The van der Waals surface area contributed by atoms with Crippen molar-refractivity contribution in [2.24, 2.45) is 10.3 Å². The lowest BCUT2D eigenvalue weighted by Crippen LogP contribution is -2.16. The molecule has 0 heterocycles. The van der Waals surface area contributed by atoms with Crippen LogP contribution in [-0.4, -0.2) is 24.6 Å². The average molecular weight is 165 g/mol. The Balaban J connectivity index is 3.82. The second kappa shape index (κ2) is 7.72. The SMILES string of the molecule is C=CCN=NN(CC=C)CC=C. The summed E-state index contributed by atoms with van der Waals surface area (Å²) in [5.74, 6) is 0. The Kier molecular flexibility index (Phi) is 6.84. The fourth-order valence-corrected chi connectivity index (χ4v) is 0.629. The molecule has 0 spiro atoms. The van der Waals surface area contributed by atoms with Crippen LogP contribution in [-0.2, 0) is 0 Å². The molecular formula is C9H15N3. The molecule has 0 saturated heterocycles. The summed E-state index contributed by atoms with van der Waals surface area (Å²) in [6.45, 7) is 12.7. The zero-order valence-corrected chi connectivity index (χ0v) is 7.32. The topological polar surface area (TPSA) is 28.0 Å². The maximum Gasteiger partial charge on any atom is 0.0798 e. The molecule has 0 radical (unpaired) electrons. The van der Waals surface area contributed by atoms with E-state index in [0.29, 0.717) is 19.6 Å². The summed E-state index contributed by atoms with van der Waals surface area (Å²) in [4.78, 5) is 0. The van der Waals surface area contributed by atoms with E-state index in [1.807, 2.05) is 0 Å². The van der Waals surface area contributed by atoms with Crippen LogP contribution in [0.1, 0.15) is 0 Å². The molecule has 0 bridgehead atoms. The number of hydrogen-bond donors (Lipinski definition) is 0. The molecule has 0 aliphatic heterocycles. The maximum absolute atomic E-state index is 3.94. The summed E-state index contributed by atoms with van der Waals surface area (Å²) in [6.07, 6.45) is 5.25. The van der Waals surface area contributed by atoms with Crippen molar-refractivity contribution >= 4 is 0 Å². The molecule has 0 aliphatic carbocycles. The summed E-state index contributed by atoms with van der Waals surface area (Å²) in [6, 6.07) is 0. The second-order valence-electron chi connectivity index (χ2n) is 2.15. The minimum atomic E-state index is 0.546. The van der Waals surface area contributed by atoms with Crippen molar-refractivity contribution in [3.8, 4) is 0 Å². The van der Waals surface area contributed by atoms with Crippen molar-refractivity contribution < 1.29 is 0 Å². The third-order valence-corrected chi connectivity index (χ3v) is 1.08. The molecule has 0 aliphatic rings. The van der Waals surface area contributed by atoms with Crippen LogP contribution in [0.15, 0.2) is 48.3 Å². The fourth-order valence-electron chi connectivity index (χ4n) is 0.629. The van der Waals surface area contributed by atoms with Gasteiger partial charge in [-0.2, -0.15) is 5.11 Å². The normalized spacial score (nSPS) is 9.67. The van der Waals surface area contributed by atoms with E-state index in [1.54, 1.807) is 23.2 Å². The van der Waals surface area contributed by atoms with Gasteiger partial charge in [-0.25, -0.2) is 0 Å². The van der Waals surface area contributed by atoms with Gasteiger partial charge in [0.2, 0.25) is 0 Å². The highest BCUT2D eigenvalue weighted by Crippen LogP contribution is 1.91. The number of nitrogens with zero attached hydrogens (tertiary/aromatic N) is 3. The van der Waals surface area contributed by atoms with E-state index in [4.69, 9.17) is 0 Å². The molecule has 0 atom stereocenters. The van der Waals surface area contributed by atoms with Gasteiger partial charge in [-0.3, -0.25) is 5.01 Å². The van der Waals surface area contributed by atoms with E-state index in [9.17, 15) is 0 Å². The Morgan fingerprint density at radius 2 is 1.58 bits per heavy atom. The van der Waals surface area contributed by atoms with Gasteiger partial charge in [0.05, 0.1) is 19.6 Å². The first-order chi connectivity index (χ1) is 5.85. The summed E-state index contributed by atoms with van der Waals surface area (Å²) >= 11 is 0. The highest BCUT2D eigenvalue weighted by Gasteiger charge is 1.92. The zero-order chi connectivity index (χ0) is 9.23. The third kappa shape index (κ3) is 5.41. The first-order valence-corrected chi connectivity index (χ1v) is 3.80. The molecule has 0 rings (SSSR count). The average Bonchev–Trinajstić information content (AvgIpc) is 2.06. The van der Waals surface area contributed by atoms with Crippen molar-refractivity contribution in [3.05, 3.63) is 38.0 Å². The minimum Gasteiger partial charge on any atom is -0.271 e.